The van der Waals surface area contributed by atoms with Crippen LogP contribution in [0.25, 0.3) is 11.1 Å². The first kappa shape index (κ1) is 25.4. The topological polar surface area (TPSA) is 87.3 Å². The highest BCUT2D eigenvalue weighted by Gasteiger charge is 2.25. The third-order valence-electron chi connectivity index (χ3n) is 5.65. The molecule has 0 bridgehead atoms. The molecule has 3 amide bonds. The van der Waals surface area contributed by atoms with Gasteiger partial charge >= 0.3 is 0 Å². The third kappa shape index (κ3) is 6.43. The zero-order valence-corrected chi connectivity index (χ0v) is 20.6. The highest BCUT2D eigenvalue weighted by Crippen LogP contribution is 2.31. The van der Waals surface area contributed by atoms with Crippen LogP contribution in [0.2, 0.25) is 0 Å². The Bertz CT molecular complexity index is 1100. The van der Waals surface area contributed by atoms with Crippen LogP contribution in [0.1, 0.15) is 83.6 Å². The smallest absolute Gasteiger partial charge is 0.251 e. The van der Waals surface area contributed by atoms with E-state index in [-0.39, 0.29) is 40.3 Å². The van der Waals surface area contributed by atoms with Crippen molar-refractivity contribution >= 4 is 17.7 Å². The van der Waals surface area contributed by atoms with Crippen molar-refractivity contribution in [3.05, 3.63) is 58.4 Å². The number of hydrogen-bond donors (Lipinski definition) is 3. The van der Waals surface area contributed by atoms with Gasteiger partial charge in [-0.25, -0.2) is 4.39 Å². The van der Waals surface area contributed by atoms with E-state index in [2.05, 4.69) is 16.0 Å². The summed E-state index contributed by atoms with van der Waals surface area (Å²) in [5, 5.41) is 8.61. The third-order valence-corrected chi connectivity index (χ3v) is 5.65. The molecule has 0 spiro atoms. The van der Waals surface area contributed by atoms with Crippen molar-refractivity contribution in [3.63, 3.8) is 0 Å². The van der Waals surface area contributed by atoms with E-state index >= 15 is 0 Å². The van der Waals surface area contributed by atoms with E-state index in [9.17, 15) is 18.8 Å². The predicted octanol–water partition coefficient (Wildman–Crippen LogP) is 4.61. The van der Waals surface area contributed by atoms with Gasteiger partial charge in [-0.05, 0) is 72.6 Å². The molecule has 1 aliphatic carbocycles. The molecule has 3 rings (SSSR count). The van der Waals surface area contributed by atoms with E-state index in [1.807, 2.05) is 27.7 Å². The summed E-state index contributed by atoms with van der Waals surface area (Å²) < 4.78 is 14.8. The minimum absolute atomic E-state index is 0.0902. The normalized spacial score (nSPS) is 13.4. The second-order valence-corrected chi connectivity index (χ2v) is 10.1. The number of hydrogen-bond acceptors (Lipinski definition) is 3. The van der Waals surface area contributed by atoms with Crippen LogP contribution in [-0.4, -0.2) is 36.9 Å². The Labute approximate surface area is 200 Å². The maximum absolute atomic E-state index is 14.8. The molecule has 0 heterocycles. The SMILES string of the molecule is CCCNC(=O)c1cc(C(=O)NCC(C)(C)C)ccc1-c1cc(C(=O)NC2CC2)cc(F)c1C. The highest BCUT2D eigenvalue weighted by atomic mass is 19.1. The summed E-state index contributed by atoms with van der Waals surface area (Å²) in [4.78, 5) is 38.4. The minimum Gasteiger partial charge on any atom is -0.352 e. The van der Waals surface area contributed by atoms with Crippen LogP contribution in [0.15, 0.2) is 30.3 Å². The van der Waals surface area contributed by atoms with Gasteiger partial charge in [0, 0.05) is 35.8 Å². The van der Waals surface area contributed by atoms with Gasteiger partial charge in [-0.3, -0.25) is 14.4 Å². The standard InChI is InChI=1S/C27H34FN3O3/c1-6-11-29-26(34)22-12-17(24(32)30-15-27(3,4)5)7-10-20(22)21-13-18(14-23(28)16(21)2)25(33)31-19-8-9-19/h7,10,12-14,19H,6,8-9,11,15H2,1-5H3,(H,29,34)(H,30,32)(H,31,33). The quantitative estimate of drug-likeness (QED) is 0.530. The lowest BCUT2D eigenvalue weighted by atomic mass is 9.91. The Morgan fingerprint density at radius 2 is 1.65 bits per heavy atom. The van der Waals surface area contributed by atoms with Crippen LogP contribution in [0.5, 0.6) is 0 Å². The summed E-state index contributed by atoms with van der Waals surface area (Å²) >= 11 is 0. The van der Waals surface area contributed by atoms with Gasteiger partial charge in [-0.2, -0.15) is 0 Å². The van der Waals surface area contributed by atoms with E-state index in [1.165, 1.54) is 12.1 Å². The monoisotopic (exact) mass is 467 g/mol. The highest BCUT2D eigenvalue weighted by molar-refractivity contribution is 6.05. The molecule has 0 unspecified atom stereocenters. The summed E-state index contributed by atoms with van der Waals surface area (Å²) in [5.41, 5.74) is 1.97. The van der Waals surface area contributed by atoms with E-state index in [4.69, 9.17) is 0 Å². The van der Waals surface area contributed by atoms with Crippen LogP contribution < -0.4 is 16.0 Å². The zero-order valence-electron chi connectivity index (χ0n) is 20.6. The molecular weight excluding hydrogens is 433 g/mol. The van der Waals surface area contributed by atoms with Crippen LogP contribution in [0, 0.1) is 18.2 Å². The van der Waals surface area contributed by atoms with Gasteiger partial charge < -0.3 is 16.0 Å². The number of carbonyl (C=O) groups is 3. The van der Waals surface area contributed by atoms with E-state index in [0.717, 1.165) is 19.3 Å². The van der Waals surface area contributed by atoms with Gasteiger partial charge in [0.15, 0.2) is 0 Å². The lowest BCUT2D eigenvalue weighted by Crippen LogP contribution is -2.32. The van der Waals surface area contributed by atoms with Gasteiger partial charge in [-0.1, -0.05) is 33.8 Å². The predicted molar refractivity (Wildman–Crippen MR) is 131 cm³/mol. The fourth-order valence-corrected chi connectivity index (χ4v) is 3.48. The Hall–Kier alpha value is -3.22. The first-order valence-corrected chi connectivity index (χ1v) is 11.8. The molecule has 182 valence electrons. The summed E-state index contributed by atoms with van der Waals surface area (Å²) in [6.07, 6.45) is 2.60. The van der Waals surface area contributed by atoms with Gasteiger partial charge in [-0.15, -0.1) is 0 Å². The van der Waals surface area contributed by atoms with E-state index in [1.54, 1.807) is 25.1 Å². The van der Waals surface area contributed by atoms with E-state index in [0.29, 0.717) is 35.3 Å². The second-order valence-electron chi connectivity index (χ2n) is 10.1. The number of amides is 3. The molecule has 7 heteroatoms. The first-order valence-electron chi connectivity index (χ1n) is 11.8. The van der Waals surface area contributed by atoms with Crippen molar-refractivity contribution in [2.24, 2.45) is 5.41 Å². The Morgan fingerprint density at radius 3 is 2.26 bits per heavy atom. The van der Waals surface area contributed by atoms with Crippen LogP contribution in [0.4, 0.5) is 4.39 Å². The van der Waals surface area contributed by atoms with Crippen molar-refractivity contribution in [3.8, 4) is 11.1 Å². The molecule has 0 aromatic heterocycles. The summed E-state index contributed by atoms with van der Waals surface area (Å²) in [6.45, 7) is 10.6. The molecule has 2 aromatic carbocycles. The molecule has 1 saturated carbocycles. The Balaban J connectivity index is 2.04. The molecule has 3 N–H and O–H groups in total. The van der Waals surface area contributed by atoms with Gasteiger partial charge in [0.1, 0.15) is 5.82 Å². The molecule has 1 aliphatic rings. The Morgan fingerprint density at radius 1 is 0.941 bits per heavy atom. The largest absolute Gasteiger partial charge is 0.352 e. The lowest BCUT2D eigenvalue weighted by Gasteiger charge is -2.19. The van der Waals surface area contributed by atoms with Crippen molar-refractivity contribution in [1.29, 1.82) is 0 Å². The molecule has 6 nitrogen and oxygen atoms in total. The molecule has 0 atom stereocenters. The molecule has 0 saturated heterocycles. The average molecular weight is 468 g/mol. The van der Waals surface area contributed by atoms with Gasteiger partial charge in [0.05, 0.1) is 0 Å². The Kier molecular flexibility index (Phi) is 7.75. The molecule has 1 fully saturated rings. The van der Waals surface area contributed by atoms with Crippen LogP contribution in [-0.2, 0) is 0 Å². The molecule has 2 aromatic rings. The van der Waals surface area contributed by atoms with Crippen molar-refractivity contribution in [1.82, 2.24) is 16.0 Å². The van der Waals surface area contributed by atoms with Gasteiger partial charge in [0.2, 0.25) is 0 Å². The van der Waals surface area contributed by atoms with Crippen molar-refractivity contribution in [2.75, 3.05) is 13.1 Å². The first-order chi connectivity index (χ1) is 16.0. The maximum atomic E-state index is 14.8. The van der Waals surface area contributed by atoms with Crippen LogP contribution in [0.3, 0.4) is 0 Å². The minimum atomic E-state index is -0.523. The lowest BCUT2D eigenvalue weighted by molar-refractivity contribution is 0.0935. The fourth-order valence-electron chi connectivity index (χ4n) is 3.48. The van der Waals surface area contributed by atoms with Gasteiger partial charge in [0.25, 0.3) is 17.7 Å². The van der Waals surface area contributed by atoms with Crippen LogP contribution >= 0.6 is 0 Å². The molecule has 0 aliphatic heterocycles. The summed E-state index contributed by atoms with van der Waals surface area (Å²) in [7, 11) is 0. The molecule has 0 radical (unpaired) electrons. The molecule has 34 heavy (non-hydrogen) atoms. The van der Waals surface area contributed by atoms with E-state index < -0.39 is 5.82 Å². The number of carbonyl (C=O) groups excluding carboxylic acids is 3. The second kappa shape index (κ2) is 10.4. The summed E-state index contributed by atoms with van der Waals surface area (Å²) in [5.74, 6) is -1.50. The zero-order chi connectivity index (χ0) is 25.0. The van der Waals surface area contributed by atoms with Crippen molar-refractivity contribution < 1.29 is 18.8 Å². The average Bonchev–Trinajstić information content (AvgIpc) is 3.60. The summed E-state index contributed by atoms with van der Waals surface area (Å²) in [6, 6.07) is 7.78. The van der Waals surface area contributed by atoms with Crippen molar-refractivity contribution in [2.45, 2.75) is 59.9 Å². The number of rotatable bonds is 8. The fraction of sp³-hybridized carbons (Fsp3) is 0.444. The maximum Gasteiger partial charge on any atom is 0.251 e. The number of nitrogens with one attached hydrogen (secondary N) is 3. The number of benzene rings is 2. The number of halogens is 1. The molecular formula is C27H34FN3O3.